The lowest BCUT2D eigenvalue weighted by Crippen LogP contribution is -2.51. The number of carbonyl (C=O) groups excluding carboxylic acids is 3. The molecular formula is C14H14N4O3. The number of piperidine rings is 1. The topological polar surface area (TPSA) is 92.6 Å². The average molecular weight is 286 g/mol. The molecule has 1 aliphatic heterocycles. The van der Waals surface area contributed by atoms with E-state index in [4.69, 9.17) is 0 Å². The molecular weight excluding hydrogens is 272 g/mol. The predicted molar refractivity (Wildman–Crippen MR) is 73.7 cm³/mol. The maximum absolute atomic E-state index is 12.2. The van der Waals surface area contributed by atoms with Crippen LogP contribution in [0.4, 0.5) is 0 Å². The summed E-state index contributed by atoms with van der Waals surface area (Å²) in [5, 5.41) is 9.25. The summed E-state index contributed by atoms with van der Waals surface area (Å²) in [6, 6.07) is 4.97. The lowest BCUT2D eigenvalue weighted by Gasteiger charge is -2.21. The van der Waals surface area contributed by atoms with Gasteiger partial charge in [0.25, 0.3) is 0 Å². The van der Waals surface area contributed by atoms with Crippen molar-refractivity contribution >= 4 is 23.1 Å². The number of carbonyl (C=O) groups is 3. The molecule has 0 radical (unpaired) electrons. The molecule has 1 saturated heterocycles. The standard InChI is InChI=1S/C14H14N4O3/c19-12(8-15-10-4-5-13(20)17-14(10)21)9-7-16-18-6-2-1-3-11(9)18/h1-3,6-7,10,15H,4-5,8H2,(H,17,20,21)/t10-/m0/s1. The second-order valence-electron chi connectivity index (χ2n) is 4.90. The fraction of sp³-hybridized carbons (Fsp3) is 0.286. The molecule has 1 atom stereocenters. The molecule has 7 heteroatoms. The smallest absolute Gasteiger partial charge is 0.243 e. The monoisotopic (exact) mass is 286 g/mol. The molecule has 2 aromatic rings. The molecule has 0 aromatic carbocycles. The molecule has 21 heavy (non-hydrogen) atoms. The molecule has 2 amide bonds. The molecule has 7 nitrogen and oxygen atoms in total. The lowest BCUT2D eigenvalue weighted by atomic mass is 10.1. The summed E-state index contributed by atoms with van der Waals surface area (Å²) in [4.78, 5) is 34.9. The minimum Gasteiger partial charge on any atom is -0.299 e. The second-order valence-corrected chi connectivity index (χ2v) is 4.90. The molecule has 1 aliphatic rings. The number of rotatable bonds is 4. The Balaban J connectivity index is 1.67. The van der Waals surface area contributed by atoms with Crippen LogP contribution in [0.15, 0.2) is 30.6 Å². The van der Waals surface area contributed by atoms with E-state index >= 15 is 0 Å². The Labute approximate surface area is 120 Å². The molecule has 0 spiro atoms. The fourth-order valence-electron chi connectivity index (χ4n) is 2.35. The molecule has 2 aromatic heterocycles. The number of nitrogens with one attached hydrogen (secondary N) is 2. The van der Waals surface area contributed by atoms with Crippen molar-refractivity contribution in [2.75, 3.05) is 6.54 Å². The molecule has 0 aliphatic carbocycles. The van der Waals surface area contributed by atoms with Crippen LogP contribution in [0.5, 0.6) is 0 Å². The number of pyridine rings is 1. The Hall–Kier alpha value is -2.54. The molecule has 3 rings (SSSR count). The number of fused-ring (bicyclic) bond motifs is 1. The van der Waals surface area contributed by atoms with Gasteiger partial charge in [-0.1, -0.05) is 6.07 Å². The maximum atomic E-state index is 12.2. The summed E-state index contributed by atoms with van der Waals surface area (Å²) in [7, 11) is 0. The zero-order valence-corrected chi connectivity index (χ0v) is 11.2. The molecule has 1 fully saturated rings. The Morgan fingerprint density at radius 3 is 3.10 bits per heavy atom. The normalized spacial score (nSPS) is 18.8. The van der Waals surface area contributed by atoms with Crippen LogP contribution in [-0.2, 0) is 9.59 Å². The van der Waals surface area contributed by atoms with Gasteiger partial charge in [0.15, 0.2) is 5.78 Å². The molecule has 2 N–H and O–H groups in total. The van der Waals surface area contributed by atoms with Gasteiger partial charge in [0.05, 0.1) is 29.9 Å². The van der Waals surface area contributed by atoms with Crippen LogP contribution in [-0.4, -0.2) is 39.8 Å². The van der Waals surface area contributed by atoms with E-state index in [-0.39, 0.29) is 30.6 Å². The van der Waals surface area contributed by atoms with Crippen LogP contribution in [0.25, 0.3) is 5.52 Å². The van der Waals surface area contributed by atoms with Gasteiger partial charge >= 0.3 is 0 Å². The predicted octanol–water partition coefficient (Wildman–Crippen LogP) is -0.0882. The van der Waals surface area contributed by atoms with E-state index < -0.39 is 6.04 Å². The lowest BCUT2D eigenvalue weighted by molar-refractivity contribution is -0.134. The third-order valence-corrected chi connectivity index (χ3v) is 3.48. The Morgan fingerprint density at radius 1 is 1.43 bits per heavy atom. The summed E-state index contributed by atoms with van der Waals surface area (Å²) in [6.45, 7) is 0.0303. The van der Waals surface area contributed by atoms with Crippen LogP contribution in [0, 0.1) is 0 Å². The van der Waals surface area contributed by atoms with Crippen LogP contribution in [0.2, 0.25) is 0 Å². The first-order valence-electron chi connectivity index (χ1n) is 6.68. The number of ketones is 1. The van der Waals surface area contributed by atoms with E-state index in [0.717, 1.165) is 5.52 Å². The number of Topliss-reactive ketones (excluding diaryl/α,β-unsaturated/α-hetero) is 1. The van der Waals surface area contributed by atoms with E-state index in [1.807, 2.05) is 18.2 Å². The van der Waals surface area contributed by atoms with Crippen molar-refractivity contribution in [2.24, 2.45) is 0 Å². The average Bonchev–Trinajstić information content (AvgIpc) is 2.90. The number of aromatic nitrogens is 2. The highest BCUT2D eigenvalue weighted by molar-refractivity contribution is 6.04. The van der Waals surface area contributed by atoms with Gasteiger partial charge in [-0.3, -0.25) is 25.0 Å². The Bertz CT molecular complexity index is 722. The minimum absolute atomic E-state index is 0.0303. The highest BCUT2D eigenvalue weighted by atomic mass is 16.2. The summed E-state index contributed by atoms with van der Waals surface area (Å²) >= 11 is 0. The summed E-state index contributed by atoms with van der Waals surface area (Å²) in [5.41, 5.74) is 1.24. The van der Waals surface area contributed by atoms with Crippen LogP contribution < -0.4 is 10.6 Å². The van der Waals surface area contributed by atoms with Crippen molar-refractivity contribution in [3.8, 4) is 0 Å². The molecule has 3 heterocycles. The fourth-order valence-corrected chi connectivity index (χ4v) is 2.35. The summed E-state index contributed by atoms with van der Waals surface area (Å²) in [6.07, 6.45) is 3.98. The van der Waals surface area contributed by atoms with Crippen molar-refractivity contribution in [1.82, 2.24) is 20.2 Å². The summed E-state index contributed by atoms with van der Waals surface area (Å²) < 4.78 is 1.62. The first-order valence-corrected chi connectivity index (χ1v) is 6.68. The zero-order valence-electron chi connectivity index (χ0n) is 11.2. The number of imide groups is 1. The highest BCUT2D eigenvalue weighted by Crippen LogP contribution is 2.11. The highest BCUT2D eigenvalue weighted by Gasteiger charge is 2.26. The number of amides is 2. The molecule has 0 unspecified atom stereocenters. The van der Waals surface area contributed by atoms with Gasteiger partial charge in [-0.2, -0.15) is 5.10 Å². The number of nitrogens with zero attached hydrogens (tertiary/aromatic N) is 2. The maximum Gasteiger partial charge on any atom is 0.243 e. The van der Waals surface area contributed by atoms with Crippen LogP contribution in [0.3, 0.4) is 0 Å². The molecule has 108 valence electrons. The van der Waals surface area contributed by atoms with Gasteiger partial charge in [-0.25, -0.2) is 4.52 Å². The quantitative estimate of drug-likeness (QED) is 0.605. The SMILES string of the molecule is O=C1CC[C@H](NCC(=O)c2cnn3ccccc23)C(=O)N1. The molecule has 0 saturated carbocycles. The van der Waals surface area contributed by atoms with Crippen molar-refractivity contribution in [2.45, 2.75) is 18.9 Å². The Morgan fingerprint density at radius 2 is 2.29 bits per heavy atom. The van der Waals surface area contributed by atoms with Crippen LogP contribution >= 0.6 is 0 Å². The molecule has 0 bridgehead atoms. The van der Waals surface area contributed by atoms with Crippen LogP contribution in [0.1, 0.15) is 23.2 Å². The first kappa shape index (κ1) is 13.4. The summed E-state index contributed by atoms with van der Waals surface area (Å²) in [5.74, 6) is -0.785. The van der Waals surface area contributed by atoms with Crippen molar-refractivity contribution in [3.05, 3.63) is 36.2 Å². The van der Waals surface area contributed by atoms with Crippen molar-refractivity contribution < 1.29 is 14.4 Å². The largest absolute Gasteiger partial charge is 0.299 e. The van der Waals surface area contributed by atoms with Crippen molar-refractivity contribution in [1.29, 1.82) is 0 Å². The van der Waals surface area contributed by atoms with Crippen molar-refractivity contribution in [3.63, 3.8) is 0 Å². The Kier molecular flexibility index (Phi) is 3.49. The van der Waals surface area contributed by atoms with E-state index in [9.17, 15) is 14.4 Å². The first-order chi connectivity index (χ1) is 10.1. The van der Waals surface area contributed by atoms with E-state index in [2.05, 4.69) is 15.7 Å². The minimum atomic E-state index is -0.506. The third kappa shape index (κ3) is 2.68. The van der Waals surface area contributed by atoms with Gasteiger partial charge in [0, 0.05) is 12.6 Å². The number of hydrogen-bond donors (Lipinski definition) is 2. The zero-order chi connectivity index (χ0) is 14.8. The van der Waals surface area contributed by atoms with Gasteiger partial charge in [-0.05, 0) is 18.6 Å². The van der Waals surface area contributed by atoms with Gasteiger partial charge in [0.1, 0.15) is 0 Å². The second kappa shape index (κ2) is 5.45. The van der Waals surface area contributed by atoms with Gasteiger partial charge in [-0.15, -0.1) is 0 Å². The van der Waals surface area contributed by atoms with E-state index in [1.54, 1.807) is 10.7 Å². The van der Waals surface area contributed by atoms with Gasteiger partial charge < -0.3 is 0 Å². The van der Waals surface area contributed by atoms with E-state index in [1.165, 1.54) is 6.20 Å². The van der Waals surface area contributed by atoms with Gasteiger partial charge in [0.2, 0.25) is 11.8 Å². The van der Waals surface area contributed by atoms with E-state index in [0.29, 0.717) is 12.0 Å². The number of hydrogen-bond acceptors (Lipinski definition) is 5. The third-order valence-electron chi connectivity index (χ3n) is 3.48.